The minimum Gasteiger partial charge on any atom is -0.449 e. The highest BCUT2D eigenvalue weighted by Gasteiger charge is 2.32. The van der Waals surface area contributed by atoms with Gasteiger partial charge in [-0.2, -0.15) is 0 Å². The third-order valence-corrected chi connectivity index (χ3v) is 5.19. The quantitative estimate of drug-likeness (QED) is 0.303. The summed E-state index contributed by atoms with van der Waals surface area (Å²) in [6.45, 7) is 6.04. The Hall–Kier alpha value is -2.62. The van der Waals surface area contributed by atoms with Crippen molar-refractivity contribution in [3.63, 3.8) is 0 Å². The van der Waals surface area contributed by atoms with Crippen molar-refractivity contribution in [3.8, 4) is 0 Å². The fourth-order valence-electron chi connectivity index (χ4n) is 2.49. The molecule has 0 spiro atoms. The number of urea groups is 1. The van der Waals surface area contributed by atoms with Crippen molar-refractivity contribution < 1.29 is 24.0 Å². The number of hydrogen-bond acceptors (Lipinski definition) is 7. The fraction of sp³-hybridized carbons (Fsp3) is 0.500. The molecule has 0 saturated carbocycles. The second-order valence-electron chi connectivity index (χ2n) is 6.74. The SMILES string of the molecule is CC(C)CCSc1ccc(C(=O)O[C@H](C)C(=O)N2CCNC2=O)cc1[N+](=O)[O-]. The molecule has 152 valence electrons. The van der Waals surface area contributed by atoms with Crippen molar-refractivity contribution in [2.75, 3.05) is 18.8 Å². The fourth-order valence-corrected chi connectivity index (χ4v) is 3.75. The van der Waals surface area contributed by atoms with Crippen molar-refractivity contribution in [1.29, 1.82) is 0 Å². The Morgan fingerprint density at radius 1 is 1.36 bits per heavy atom. The van der Waals surface area contributed by atoms with Crippen LogP contribution < -0.4 is 5.32 Å². The lowest BCUT2D eigenvalue weighted by molar-refractivity contribution is -0.387. The number of nitro benzene ring substituents is 1. The first-order valence-electron chi connectivity index (χ1n) is 8.92. The molecule has 0 aromatic heterocycles. The number of esters is 1. The van der Waals surface area contributed by atoms with Crippen LogP contribution in [0.5, 0.6) is 0 Å². The number of rotatable bonds is 8. The van der Waals surface area contributed by atoms with E-state index in [4.69, 9.17) is 4.74 Å². The van der Waals surface area contributed by atoms with E-state index in [0.29, 0.717) is 17.4 Å². The first-order valence-corrected chi connectivity index (χ1v) is 9.90. The number of amides is 3. The van der Waals surface area contributed by atoms with Crippen molar-refractivity contribution in [2.24, 2.45) is 5.92 Å². The van der Waals surface area contributed by atoms with E-state index >= 15 is 0 Å². The van der Waals surface area contributed by atoms with Crippen LogP contribution in [-0.4, -0.2) is 52.7 Å². The van der Waals surface area contributed by atoms with Crippen molar-refractivity contribution in [2.45, 2.75) is 38.2 Å². The number of nitrogens with zero attached hydrogens (tertiary/aromatic N) is 2. The van der Waals surface area contributed by atoms with Crippen LogP contribution >= 0.6 is 11.8 Å². The predicted octanol–water partition coefficient (Wildman–Crippen LogP) is 2.83. The number of hydrogen-bond donors (Lipinski definition) is 1. The zero-order valence-electron chi connectivity index (χ0n) is 16.0. The number of nitrogens with one attached hydrogen (secondary N) is 1. The summed E-state index contributed by atoms with van der Waals surface area (Å²) in [5.41, 5.74) is -0.202. The Bertz CT molecular complexity index is 783. The minimum absolute atomic E-state index is 0.0227. The highest BCUT2D eigenvalue weighted by atomic mass is 32.2. The molecule has 28 heavy (non-hydrogen) atoms. The standard InChI is InChI=1S/C18H23N3O6S/c1-11(2)6-9-28-15-5-4-13(10-14(15)21(25)26)17(23)27-12(3)16(22)20-8-7-19-18(20)24/h4-5,10-12H,6-9H2,1-3H3,(H,19,24)/t12-/m1/s1. The topological polar surface area (TPSA) is 119 Å². The number of carbonyl (C=O) groups is 3. The van der Waals surface area contributed by atoms with Crippen LogP contribution in [0.1, 0.15) is 37.6 Å². The first-order chi connectivity index (χ1) is 13.2. The van der Waals surface area contributed by atoms with E-state index in [1.807, 2.05) is 0 Å². The average Bonchev–Trinajstić information content (AvgIpc) is 3.06. The number of thioether (sulfide) groups is 1. The molecule has 1 aliphatic heterocycles. The van der Waals surface area contributed by atoms with Gasteiger partial charge in [0.1, 0.15) is 0 Å². The molecule has 1 aliphatic rings. The summed E-state index contributed by atoms with van der Waals surface area (Å²) < 4.78 is 5.11. The van der Waals surface area contributed by atoms with Crippen molar-refractivity contribution in [3.05, 3.63) is 33.9 Å². The Morgan fingerprint density at radius 2 is 2.07 bits per heavy atom. The molecule has 0 unspecified atom stereocenters. The van der Waals surface area contributed by atoms with E-state index in [0.717, 1.165) is 23.1 Å². The summed E-state index contributed by atoms with van der Waals surface area (Å²) in [5, 5.41) is 13.9. The maximum absolute atomic E-state index is 12.3. The van der Waals surface area contributed by atoms with Crippen LogP contribution in [0, 0.1) is 16.0 Å². The highest BCUT2D eigenvalue weighted by molar-refractivity contribution is 7.99. The van der Waals surface area contributed by atoms with E-state index in [9.17, 15) is 24.5 Å². The number of benzene rings is 1. The number of carbonyl (C=O) groups excluding carboxylic acids is 3. The van der Waals surface area contributed by atoms with Gasteiger partial charge in [0.25, 0.3) is 11.6 Å². The lowest BCUT2D eigenvalue weighted by Crippen LogP contribution is -2.41. The van der Waals surface area contributed by atoms with Gasteiger partial charge in [0.2, 0.25) is 0 Å². The first kappa shape index (κ1) is 21.7. The summed E-state index contributed by atoms with van der Waals surface area (Å²) in [4.78, 5) is 48.3. The van der Waals surface area contributed by atoms with Gasteiger partial charge in [-0.05, 0) is 37.1 Å². The molecule has 1 heterocycles. The second-order valence-corrected chi connectivity index (χ2v) is 7.88. The van der Waals surface area contributed by atoms with E-state index in [1.165, 1.54) is 30.8 Å². The molecule has 0 aliphatic carbocycles. The maximum atomic E-state index is 12.3. The van der Waals surface area contributed by atoms with Crippen molar-refractivity contribution in [1.82, 2.24) is 10.2 Å². The van der Waals surface area contributed by atoms with Crippen LogP contribution in [0.4, 0.5) is 10.5 Å². The van der Waals surface area contributed by atoms with Crippen LogP contribution in [0.3, 0.4) is 0 Å². The normalized spacial score (nSPS) is 14.7. The highest BCUT2D eigenvalue weighted by Crippen LogP contribution is 2.31. The van der Waals surface area contributed by atoms with Crippen LogP contribution in [-0.2, 0) is 9.53 Å². The van der Waals surface area contributed by atoms with Gasteiger partial charge in [-0.1, -0.05) is 13.8 Å². The lowest BCUT2D eigenvalue weighted by atomic mass is 10.2. The Morgan fingerprint density at radius 3 is 2.64 bits per heavy atom. The predicted molar refractivity (Wildman–Crippen MR) is 103 cm³/mol. The van der Waals surface area contributed by atoms with Gasteiger partial charge in [-0.15, -0.1) is 11.8 Å². The maximum Gasteiger partial charge on any atom is 0.339 e. The van der Waals surface area contributed by atoms with E-state index in [2.05, 4.69) is 19.2 Å². The molecule has 0 radical (unpaired) electrons. The molecule has 0 bridgehead atoms. The largest absolute Gasteiger partial charge is 0.449 e. The molecule has 9 nitrogen and oxygen atoms in total. The van der Waals surface area contributed by atoms with Crippen LogP contribution in [0.2, 0.25) is 0 Å². The van der Waals surface area contributed by atoms with Crippen LogP contribution in [0.15, 0.2) is 23.1 Å². The Kier molecular flexibility index (Phi) is 7.38. The molecule has 1 aromatic carbocycles. The molecular weight excluding hydrogens is 386 g/mol. The molecule has 1 N–H and O–H groups in total. The third kappa shape index (κ3) is 5.44. The smallest absolute Gasteiger partial charge is 0.339 e. The lowest BCUT2D eigenvalue weighted by Gasteiger charge is -2.18. The molecular formula is C18H23N3O6S. The van der Waals surface area contributed by atoms with Gasteiger partial charge in [-0.25, -0.2) is 9.59 Å². The summed E-state index contributed by atoms with van der Waals surface area (Å²) in [5.74, 6) is -0.287. The molecule has 10 heteroatoms. The molecule has 1 fully saturated rings. The Balaban J connectivity index is 2.07. The zero-order valence-corrected chi connectivity index (χ0v) is 16.8. The van der Waals surface area contributed by atoms with E-state index in [-0.39, 0.29) is 17.8 Å². The third-order valence-electron chi connectivity index (χ3n) is 4.10. The number of nitro groups is 1. The summed E-state index contributed by atoms with van der Waals surface area (Å²) in [6, 6.07) is 3.57. The van der Waals surface area contributed by atoms with E-state index in [1.54, 1.807) is 0 Å². The van der Waals surface area contributed by atoms with Gasteiger partial charge in [-0.3, -0.25) is 19.8 Å². The monoisotopic (exact) mass is 409 g/mol. The molecule has 1 aromatic rings. The van der Waals surface area contributed by atoms with Gasteiger partial charge >= 0.3 is 12.0 Å². The molecule has 3 amide bonds. The van der Waals surface area contributed by atoms with Gasteiger partial charge in [0, 0.05) is 19.2 Å². The van der Waals surface area contributed by atoms with Crippen LogP contribution in [0.25, 0.3) is 0 Å². The average molecular weight is 409 g/mol. The summed E-state index contributed by atoms with van der Waals surface area (Å²) in [7, 11) is 0. The Labute approximate surface area is 166 Å². The van der Waals surface area contributed by atoms with E-state index < -0.39 is 28.9 Å². The van der Waals surface area contributed by atoms with Gasteiger partial charge < -0.3 is 10.1 Å². The molecule has 1 atom stereocenters. The number of imide groups is 1. The second kappa shape index (κ2) is 9.54. The number of ether oxygens (including phenoxy) is 1. The summed E-state index contributed by atoms with van der Waals surface area (Å²) in [6.07, 6.45) is -0.273. The molecule has 1 saturated heterocycles. The van der Waals surface area contributed by atoms with Crippen molar-refractivity contribution >= 4 is 35.4 Å². The molecule has 2 rings (SSSR count). The summed E-state index contributed by atoms with van der Waals surface area (Å²) >= 11 is 1.36. The minimum atomic E-state index is -1.18. The van der Waals surface area contributed by atoms with Gasteiger partial charge in [0.15, 0.2) is 6.10 Å². The zero-order chi connectivity index (χ0) is 20.8. The van der Waals surface area contributed by atoms with Gasteiger partial charge in [0.05, 0.1) is 15.4 Å².